The average molecular weight is 233 g/mol. The predicted molar refractivity (Wildman–Crippen MR) is 49.1 cm³/mol. The summed E-state index contributed by atoms with van der Waals surface area (Å²) in [6.07, 6.45) is 4.36. The molecule has 0 radical (unpaired) electrons. The highest BCUT2D eigenvalue weighted by Crippen LogP contribution is 2.38. The van der Waals surface area contributed by atoms with Crippen molar-refractivity contribution in [3.8, 4) is 0 Å². The molecule has 1 heterocycles. The van der Waals surface area contributed by atoms with E-state index in [1.165, 1.54) is 0 Å². The lowest BCUT2D eigenvalue weighted by atomic mass is 9.76. The van der Waals surface area contributed by atoms with Gasteiger partial charge in [-0.2, -0.15) is 0 Å². The van der Waals surface area contributed by atoms with Gasteiger partial charge in [0.25, 0.3) is 0 Å². The van der Waals surface area contributed by atoms with Crippen molar-refractivity contribution >= 4 is 21.9 Å². The molecule has 1 saturated heterocycles. The number of esters is 1. The van der Waals surface area contributed by atoms with Crippen molar-refractivity contribution in [1.82, 2.24) is 0 Å². The van der Waals surface area contributed by atoms with E-state index in [1.807, 2.05) is 0 Å². The van der Waals surface area contributed by atoms with Crippen LogP contribution in [0.3, 0.4) is 0 Å². The summed E-state index contributed by atoms with van der Waals surface area (Å²) in [5.74, 6) is 0.850. The van der Waals surface area contributed by atoms with E-state index in [9.17, 15) is 4.79 Å². The Balaban J connectivity index is 2.04. The third kappa shape index (κ3) is 1.51. The Kier molecular flexibility index (Phi) is 2.40. The molecule has 0 aromatic rings. The molecule has 0 aromatic heterocycles. The Bertz CT molecular complexity index is 193. The number of rotatable bonds is 0. The number of carbonyl (C=O) groups excluding carboxylic acids is 1. The summed E-state index contributed by atoms with van der Waals surface area (Å²) >= 11 is 3.62. The molecule has 3 heteroatoms. The third-order valence-electron chi connectivity index (χ3n) is 2.95. The molecule has 0 N–H and O–H groups in total. The van der Waals surface area contributed by atoms with E-state index in [0.29, 0.717) is 17.4 Å². The molecular weight excluding hydrogens is 220 g/mol. The van der Waals surface area contributed by atoms with Gasteiger partial charge in [0.2, 0.25) is 0 Å². The minimum atomic E-state index is 0.0469. The summed E-state index contributed by atoms with van der Waals surface area (Å²) < 4.78 is 5.03. The molecule has 2 nitrogen and oxygen atoms in total. The highest BCUT2D eigenvalue weighted by Gasteiger charge is 2.37. The number of halogens is 1. The molecule has 2 fully saturated rings. The lowest BCUT2D eigenvalue weighted by molar-refractivity contribution is -0.158. The van der Waals surface area contributed by atoms with Gasteiger partial charge in [-0.15, -0.1) is 0 Å². The number of carbonyl (C=O) groups is 1. The van der Waals surface area contributed by atoms with Crippen LogP contribution in [-0.4, -0.2) is 17.4 Å². The summed E-state index contributed by atoms with van der Waals surface area (Å²) in [4.78, 5) is 11.9. The number of hydrogen-bond acceptors (Lipinski definition) is 2. The topological polar surface area (TPSA) is 26.3 Å². The number of ether oxygens (including phenoxy) is 1. The number of alkyl halides is 1. The van der Waals surface area contributed by atoms with Crippen LogP contribution in [0, 0.1) is 11.8 Å². The van der Waals surface area contributed by atoms with Crippen molar-refractivity contribution < 1.29 is 9.53 Å². The van der Waals surface area contributed by atoms with Gasteiger partial charge < -0.3 is 4.74 Å². The van der Waals surface area contributed by atoms with Crippen molar-refractivity contribution in [2.75, 3.05) is 6.61 Å². The summed E-state index contributed by atoms with van der Waals surface area (Å²) in [5, 5.41) is 0. The van der Waals surface area contributed by atoms with E-state index in [2.05, 4.69) is 15.9 Å². The summed E-state index contributed by atoms with van der Waals surface area (Å²) in [6.45, 7) is 0.639. The van der Waals surface area contributed by atoms with E-state index in [4.69, 9.17) is 4.74 Å². The molecule has 68 valence electrons. The highest BCUT2D eigenvalue weighted by atomic mass is 79.9. The van der Waals surface area contributed by atoms with E-state index in [1.54, 1.807) is 0 Å². The van der Waals surface area contributed by atoms with Gasteiger partial charge in [0.1, 0.15) is 0 Å². The minimum Gasteiger partial charge on any atom is -0.465 e. The zero-order valence-electron chi connectivity index (χ0n) is 6.96. The van der Waals surface area contributed by atoms with Crippen LogP contribution in [0.1, 0.15) is 25.7 Å². The average Bonchev–Trinajstić information content (AvgIpc) is 2.04. The standard InChI is InChI=1S/C9H13BrO2/c10-7-1-2-8-6(5-7)3-4-12-9(8)11/h6-8H,1-5H2. The lowest BCUT2D eigenvalue weighted by Crippen LogP contribution is -2.37. The van der Waals surface area contributed by atoms with Gasteiger partial charge in [-0.3, -0.25) is 4.79 Å². The fraction of sp³-hybridized carbons (Fsp3) is 0.889. The van der Waals surface area contributed by atoms with Crippen molar-refractivity contribution in [3.05, 3.63) is 0 Å². The Labute approximate surface area is 80.8 Å². The molecule has 1 aliphatic carbocycles. The first-order valence-corrected chi connectivity index (χ1v) is 5.49. The van der Waals surface area contributed by atoms with E-state index >= 15 is 0 Å². The quantitative estimate of drug-likeness (QED) is 0.473. The Morgan fingerprint density at radius 2 is 2.17 bits per heavy atom. The summed E-state index contributed by atoms with van der Waals surface area (Å²) in [6, 6.07) is 0. The minimum absolute atomic E-state index is 0.0469. The van der Waals surface area contributed by atoms with Gasteiger partial charge in [0, 0.05) is 4.83 Å². The molecule has 0 bridgehead atoms. The fourth-order valence-electron chi connectivity index (χ4n) is 2.25. The van der Waals surface area contributed by atoms with Crippen LogP contribution in [0.15, 0.2) is 0 Å². The molecule has 1 aliphatic heterocycles. The number of fused-ring (bicyclic) bond motifs is 1. The maximum absolute atomic E-state index is 11.3. The smallest absolute Gasteiger partial charge is 0.309 e. The predicted octanol–water partition coefficient (Wildman–Crippen LogP) is 2.11. The molecule has 0 spiro atoms. The first kappa shape index (κ1) is 8.54. The molecule has 3 atom stereocenters. The van der Waals surface area contributed by atoms with Crippen LogP contribution in [-0.2, 0) is 9.53 Å². The first-order chi connectivity index (χ1) is 5.77. The molecule has 2 rings (SSSR count). The van der Waals surface area contributed by atoms with E-state index < -0.39 is 0 Å². The van der Waals surface area contributed by atoms with Crippen molar-refractivity contribution in [1.29, 1.82) is 0 Å². The first-order valence-electron chi connectivity index (χ1n) is 4.58. The monoisotopic (exact) mass is 232 g/mol. The van der Waals surface area contributed by atoms with E-state index in [-0.39, 0.29) is 11.9 Å². The largest absolute Gasteiger partial charge is 0.465 e. The van der Waals surface area contributed by atoms with Crippen LogP contribution < -0.4 is 0 Å². The summed E-state index contributed by atoms with van der Waals surface area (Å²) in [5.41, 5.74) is 0. The van der Waals surface area contributed by atoms with Gasteiger partial charge in [-0.05, 0) is 31.6 Å². The second-order valence-corrected chi connectivity index (χ2v) is 5.03. The Morgan fingerprint density at radius 1 is 1.33 bits per heavy atom. The molecule has 0 amide bonds. The van der Waals surface area contributed by atoms with Gasteiger partial charge >= 0.3 is 5.97 Å². The van der Waals surface area contributed by atoms with Crippen LogP contribution in [0.5, 0.6) is 0 Å². The molecular formula is C9H13BrO2. The van der Waals surface area contributed by atoms with E-state index in [0.717, 1.165) is 25.7 Å². The molecule has 12 heavy (non-hydrogen) atoms. The van der Waals surface area contributed by atoms with Crippen LogP contribution in [0.2, 0.25) is 0 Å². The number of hydrogen-bond donors (Lipinski definition) is 0. The van der Waals surface area contributed by atoms with Crippen molar-refractivity contribution in [2.24, 2.45) is 11.8 Å². The Morgan fingerprint density at radius 3 is 3.00 bits per heavy atom. The highest BCUT2D eigenvalue weighted by molar-refractivity contribution is 9.09. The van der Waals surface area contributed by atoms with Crippen LogP contribution in [0.4, 0.5) is 0 Å². The molecule has 0 aromatic carbocycles. The maximum Gasteiger partial charge on any atom is 0.309 e. The Hall–Kier alpha value is -0.0500. The second kappa shape index (κ2) is 3.36. The van der Waals surface area contributed by atoms with Crippen molar-refractivity contribution in [2.45, 2.75) is 30.5 Å². The third-order valence-corrected chi connectivity index (χ3v) is 3.79. The number of cyclic esters (lactones) is 1. The maximum atomic E-state index is 11.3. The summed E-state index contributed by atoms with van der Waals surface area (Å²) in [7, 11) is 0. The van der Waals surface area contributed by atoms with Crippen LogP contribution >= 0.6 is 15.9 Å². The second-order valence-electron chi connectivity index (χ2n) is 3.73. The molecule has 1 saturated carbocycles. The lowest BCUT2D eigenvalue weighted by Gasteiger charge is -2.35. The normalized spacial score (nSPS) is 41.8. The molecule has 2 aliphatic rings. The zero-order chi connectivity index (χ0) is 8.55. The van der Waals surface area contributed by atoms with Gasteiger partial charge in [0.15, 0.2) is 0 Å². The van der Waals surface area contributed by atoms with Gasteiger partial charge in [0.05, 0.1) is 12.5 Å². The molecule has 3 unspecified atom stereocenters. The SMILES string of the molecule is O=C1OCCC2CC(Br)CCC12. The van der Waals surface area contributed by atoms with Crippen molar-refractivity contribution in [3.63, 3.8) is 0 Å². The van der Waals surface area contributed by atoms with Crippen LogP contribution in [0.25, 0.3) is 0 Å². The zero-order valence-corrected chi connectivity index (χ0v) is 8.55. The fourth-order valence-corrected chi connectivity index (χ4v) is 3.00. The van der Waals surface area contributed by atoms with Gasteiger partial charge in [-0.25, -0.2) is 0 Å². The van der Waals surface area contributed by atoms with Gasteiger partial charge in [-0.1, -0.05) is 15.9 Å².